The highest BCUT2D eigenvalue weighted by atomic mass is 32.1. The first-order valence-corrected chi connectivity index (χ1v) is 7.51. The molecule has 1 atom stereocenters. The quantitative estimate of drug-likeness (QED) is 0.560. The molecule has 0 N–H and O–H groups in total. The molecule has 0 fully saturated rings. The van der Waals surface area contributed by atoms with E-state index in [-0.39, 0.29) is 0 Å². The van der Waals surface area contributed by atoms with Gasteiger partial charge in [-0.05, 0) is 25.7 Å². The summed E-state index contributed by atoms with van der Waals surface area (Å²) in [5, 5.41) is 1.21. The molecule has 0 saturated heterocycles. The minimum absolute atomic E-state index is 0.776. The molecule has 1 aromatic rings. The zero-order valence-corrected chi connectivity index (χ0v) is 11.8. The lowest BCUT2D eigenvalue weighted by Gasteiger charge is -2.14. The Labute approximate surface area is 104 Å². The van der Waals surface area contributed by atoms with E-state index < -0.39 is 0 Å². The van der Waals surface area contributed by atoms with E-state index in [1.807, 2.05) is 11.3 Å². The van der Waals surface area contributed by atoms with Gasteiger partial charge in [-0.25, -0.2) is 4.98 Å². The summed E-state index contributed by atoms with van der Waals surface area (Å²) in [5.41, 5.74) is 0. The van der Waals surface area contributed by atoms with E-state index in [2.05, 4.69) is 32.0 Å². The van der Waals surface area contributed by atoms with E-state index in [4.69, 9.17) is 0 Å². The zero-order chi connectivity index (χ0) is 11.8. The molecule has 2 heteroatoms. The third-order valence-electron chi connectivity index (χ3n) is 3.10. The van der Waals surface area contributed by atoms with Gasteiger partial charge in [0.25, 0.3) is 0 Å². The Morgan fingerprint density at radius 1 is 1.12 bits per heavy atom. The summed E-state index contributed by atoms with van der Waals surface area (Å²) < 4.78 is 0. The molecule has 1 unspecified atom stereocenters. The molecule has 1 heterocycles. The molecule has 0 aliphatic carbocycles. The number of hydrogen-bond donors (Lipinski definition) is 0. The zero-order valence-electron chi connectivity index (χ0n) is 11.0. The Morgan fingerprint density at radius 3 is 2.38 bits per heavy atom. The van der Waals surface area contributed by atoms with Crippen molar-refractivity contribution in [1.29, 1.82) is 0 Å². The van der Waals surface area contributed by atoms with Crippen molar-refractivity contribution in [2.75, 3.05) is 0 Å². The van der Waals surface area contributed by atoms with Gasteiger partial charge in [0.1, 0.15) is 0 Å². The summed E-state index contributed by atoms with van der Waals surface area (Å²) in [6.45, 7) is 6.66. The van der Waals surface area contributed by atoms with Gasteiger partial charge in [-0.3, -0.25) is 0 Å². The normalized spacial score (nSPS) is 12.9. The van der Waals surface area contributed by atoms with Gasteiger partial charge < -0.3 is 0 Å². The van der Waals surface area contributed by atoms with E-state index >= 15 is 0 Å². The highest BCUT2D eigenvalue weighted by Crippen LogP contribution is 2.31. The maximum absolute atomic E-state index is 4.39. The minimum atomic E-state index is 0.776. The van der Waals surface area contributed by atoms with Crippen molar-refractivity contribution in [3.63, 3.8) is 0 Å². The molecule has 1 aromatic heterocycles. The van der Waals surface area contributed by atoms with Crippen LogP contribution in [-0.4, -0.2) is 4.98 Å². The molecule has 1 nitrogen and oxygen atoms in total. The van der Waals surface area contributed by atoms with Gasteiger partial charge in [-0.2, -0.15) is 0 Å². The third kappa shape index (κ3) is 4.65. The molecule has 0 spiro atoms. The van der Waals surface area contributed by atoms with Crippen molar-refractivity contribution in [3.8, 4) is 0 Å². The molecule has 92 valence electrons. The highest BCUT2D eigenvalue weighted by Gasteiger charge is 2.13. The standard InChI is InChI=1S/C14H25NS/c1-4-6-8-10-13(9-7-5-2)14-11-15-12(3)16-14/h11,13H,4-10H2,1-3H3. The van der Waals surface area contributed by atoms with Gasteiger partial charge in [0, 0.05) is 11.1 Å². The van der Waals surface area contributed by atoms with Crippen molar-refractivity contribution in [2.24, 2.45) is 0 Å². The Morgan fingerprint density at radius 2 is 1.81 bits per heavy atom. The maximum Gasteiger partial charge on any atom is 0.0896 e. The summed E-state index contributed by atoms with van der Waals surface area (Å²) in [6.07, 6.45) is 11.5. The van der Waals surface area contributed by atoms with E-state index in [0.717, 1.165) is 5.92 Å². The molecule has 16 heavy (non-hydrogen) atoms. The summed E-state index contributed by atoms with van der Waals surface area (Å²) in [6, 6.07) is 0. The summed E-state index contributed by atoms with van der Waals surface area (Å²) in [5.74, 6) is 0.776. The maximum atomic E-state index is 4.39. The summed E-state index contributed by atoms with van der Waals surface area (Å²) in [7, 11) is 0. The van der Waals surface area contributed by atoms with Gasteiger partial charge in [0.2, 0.25) is 0 Å². The number of aryl methyl sites for hydroxylation is 1. The van der Waals surface area contributed by atoms with Crippen LogP contribution in [0.4, 0.5) is 0 Å². The van der Waals surface area contributed by atoms with Crippen molar-refractivity contribution in [2.45, 2.75) is 71.6 Å². The second-order valence-electron chi connectivity index (χ2n) is 4.62. The Kier molecular flexibility index (Phi) is 6.70. The molecule has 0 amide bonds. The smallest absolute Gasteiger partial charge is 0.0896 e. The molecule has 1 rings (SSSR count). The largest absolute Gasteiger partial charge is 0.250 e. The molecule has 0 bridgehead atoms. The number of hydrogen-bond acceptors (Lipinski definition) is 2. The van der Waals surface area contributed by atoms with Crippen LogP contribution in [0.15, 0.2) is 6.20 Å². The molecular formula is C14H25NS. The van der Waals surface area contributed by atoms with Gasteiger partial charge in [0.15, 0.2) is 0 Å². The lowest BCUT2D eigenvalue weighted by atomic mass is 9.94. The Balaban J connectivity index is 2.49. The molecule has 0 saturated carbocycles. The van der Waals surface area contributed by atoms with Gasteiger partial charge >= 0.3 is 0 Å². The number of thiazole rings is 1. The predicted octanol–water partition coefficient (Wildman–Crippen LogP) is 5.31. The van der Waals surface area contributed by atoms with Gasteiger partial charge in [0.05, 0.1) is 5.01 Å². The monoisotopic (exact) mass is 239 g/mol. The first-order chi connectivity index (χ1) is 7.77. The highest BCUT2D eigenvalue weighted by molar-refractivity contribution is 7.11. The van der Waals surface area contributed by atoms with Crippen LogP contribution in [0, 0.1) is 6.92 Å². The minimum Gasteiger partial charge on any atom is -0.250 e. The summed E-state index contributed by atoms with van der Waals surface area (Å²) >= 11 is 1.89. The molecule has 0 aliphatic heterocycles. The van der Waals surface area contributed by atoms with Crippen LogP contribution < -0.4 is 0 Å². The lowest BCUT2D eigenvalue weighted by molar-refractivity contribution is 0.520. The fourth-order valence-electron chi connectivity index (χ4n) is 2.09. The molecule has 0 aliphatic rings. The van der Waals surface area contributed by atoms with E-state index in [0.29, 0.717) is 0 Å². The third-order valence-corrected chi connectivity index (χ3v) is 4.18. The van der Waals surface area contributed by atoms with Crippen LogP contribution in [0.1, 0.15) is 74.6 Å². The second kappa shape index (κ2) is 7.83. The van der Waals surface area contributed by atoms with E-state index in [9.17, 15) is 0 Å². The molecular weight excluding hydrogens is 214 g/mol. The molecule has 0 radical (unpaired) electrons. The predicted molar refractivity (Wildman–Crippen MR) is 73.3 cm³/mol. The lowest BCUT2D eigenvalue weighted by Crippen LogP contribution is -1.97. The first-order valence-electron chi connectivity index (χ1n) is 6.70. The van der Waals surface area contributed by atoms with Crippen molar-refractivity contribution in [3.05, 3.63) is 16.1 Å². The van der Waals surface area contributed by atoms with Crippen LogP contribution in [0.5, 0.6) is 0 Å². The van der Waals surface area contributed by atoms with Crippen LogP contribution in [0.2, 0.25) is 0 Å². The average molecular weight is 239 g/mol. The van der Waals surface area contributed by atoms with Crippen LogP contribution in [-0.2, 0) is 0 Å². The fraction of sp³-hybridized carbons (Fsp3) is 0.786. The van der Waals surface area contributed by atoms with Gasteiger partial charge in [-0.1, -0.05) is 46.0 Å². The summed E-state index contributed by atoms with van der Waals surface area (Å²) in [4.78, 5) is 5.91. The Bertz CT molecular complexity index is 280. The number of unbranched alkanes of at least 4 members (excludes halogenated alkanes) is 3. The SMILES string of the molecule is CCCCCC(CCCC)c1cnc(C)s1. The Hall–Kier alpha value is -0.370. The number of aromatic nitrogens is 1. The van der Waals surface area contributed by atoms with E-state index in [1.54, 1.807) is 0 Å². The second-order valence-corrected chi connectivity index (χ2v) is 5.88. The van der Waals surface area contributed by atoms with Crippen LogP contribution in [0.3, 0.4) is 0 Å². The van der Waals surface area contributed by atoms with Crippen molar-refractivity contribution < 1.29 is 0 Å². The van der Waals surface area contributed by atoms with Crippen LogP contribution >= 0.6 is 11.3 Å². The van der Waals surface area contributed by atoms with E-state index in [1.165, 1.54) is 54.8 Å². The number of rotatable bonds is 8. The topological polar surface area (TPSA) is 12.9 Å². The van der Waals surface area contributed by atoms with Crippen LogP contribution in [0.25, 0.3) is 0 Å². The first kappa shape index (κ1) is 13.7. The molecule has 0 aromatic carbocycles. The van der Waals surface area contributed by atoms with Gasteiger partial charge in [-0.15, -0.1) is 11.3 Å². The number of nitrogens with zero attached hydrogens (tertiary/aromatic N) is 1. The fourth-order valence-corrected chi connectivity index (χ4v) is 3.04. The average Bonchev–Trinajstić information content (AvgIpc) is 2.70. The van der Waals surface area contributed by atoms with Crippen molar-refractivity contribution >= 4 is 11.3 Å². The van der Waals surface area contributed by atoms with Crippen molar-refractivity contribution in [1.82, 2.24) is 4.98 Å².